The SMILES string of the molecule is CCCNc1cccc(NC(CCO)C(C)C)c1[N+](=O)[O-]. The fourth-order valence-corrected chi connectivity index (χ4v) is 2.17. The number of nitro benzene ring substituents is 1. The maximum atomic E-state index is 11.4. The topological polar surface area (TPSA) is 87.4 Å². The fraction of sp³-hybridized carbons (Fsp3) is 0.600. The number of hydrogen-bond donors (Lipinski definition) is 3. The van der Waals surface area contributed by atoms with Gasteiger partial charge in [-0.25, -0.2) is 0 Å². The standard InChI is InChI=1S/C15H25N3O3/c1-4-9-16-13-6-5-7-14(15(13)18(20)21)17-12(8-10-19)11(2)3/h5-7,11-12,16-17,19H,4,8-10H2,1-3H3. The average molecular weight is 295 g/mol. The molecule has 0 amide bonds. The molecule has 1 aromatic rings. The van der Waals surface area contributed by atoms with Crippen LogP contribution in [0.4, 0.5) is 17.1 Å². The van der Waals surface area contributed by atoms with Crippen LogP contribution in [-0.2, 0) is 0 Å². The Kier molecular flexibility index (Phi) is 6.94. The van der Waals surface area contributed by atoms with Crippen LogP contribution in [-0.4, -0.2) is 29.2 Å². The number of benzene rings is 1. The molecule has 0 saturated carbocycles. The van der Waals surface area contributed by atoms with Gasteiger partial charge in [-0.15, -0.1) is 0 Å². The fourth-order valence-electron chi connectivity index (χ4n) is 2.17. The summed E-state index contributed by atoms with van der Waals surface area (Å²) >= 11 is 0. The second-order valence-electron chi connectivity index (χ2n) is 5.39. The van der Waals surface area contributed by atoms with Gasteiger partial charge < -0.3 is 15.7 Å². The molecule has 0 fully saturated rings. The Morgan fingerprint density at radius 3 is 2.52 bits per heavy atom. The van der Waals surface area contributed by atoms with Gasteiger partial charge in [0.05, 0.1) is 4.92 Å². The summed E-state index contributed by atoms with van der Waals surface area (Å²) in [6.45, 7) is 6.81. The molecule has 3 N–H and O–H groups in total. The van der Waals surface area contributed by atoms with E-state index in [1.165, 1.54) is 0 Å². The molecule has 6 nitrogen and oxygen atoms in total. The van der Waals surface area contributed by atoms with E-state index in [1.807, 2.05) is 20.8 Å². The zero-order valence-electron chi connectivity index (χ0n) is 12.9. The molecule has 0 aliphatic carbocycles. The van der Waals surface area contributed by atoms with Gasteiger partial charge in [-0.2, -0.15) is 0 Å². The molecule has 1 unspecified atom stereocenters. The zero-order chi connectivity index (χ0) is 15.8. The lowest BCUT2D eigenvalue weighted by atomic mass is 10.0. The first-order valence-corrected chi connectivity index (χ1v) is 7.39. The lowest BCUT2D eigenvalue weighted by Crippen LogP contribution is -2.27. The van der Waals surface area contributed by atoms with Gasteiger partial charge in [0.2, 0.25) is 0 Å². The largest absolute Gasteiger partial charge is 0.396 e. The maximum absolute atomic E-state index is 11.4. The molecular formula is C15H25N3O3. The minimum atomic E-state index is -0.364. The molecule has 1 rings (SSSR count). The van der Waals surface area contributed by atoms with Crippen molar-refractivity contribution in [3.63, 3.8) is 0 Å². The smallest absolute Gasteiger partial charge is 0.315 e. The highest BCUT2D eigenvalue weighted by molar-refractivity contribution is 5.76. The molecule has 0 heterocycles. The van der Waals surface area contributed by atoms with E-state index >= 15 is 0 Å². The zero-order valence-corrected chi connectivity index (χ0v) is 12.9. The first kappa shape index (κ1) is 17.2. The van der Waals surface area contributed by atoms with Crippen molar-refractivity contribution in [1.29, 1.82) is 0 Å². The summed E-state index contributed by atoms with van der Waals surface area (Å²) in [5.74, 6) is 0.268. The molecule has 0 bridgehead atoms. The Bertz CT molecular complexity index is 463. The molecule has 0 aromatic heterocycles. The van der Waals surface area contributed by atoms with E-state index in [-0.39, 0.29) is 29.2 Å². The third-order valence-corrected chi connectivity index (χ3v) is 3.37. The van der Waals surface area contributed by atoms with Crippen molar-refractivity contribution in [2.24, 2.45) is 5.92 Å². The van der Waals surface area contributed by atoms with Crippen molar-refractivity contribution >= 4 is 17.1 Å². The molecule has 1 aromatic carbocycles. The maximum Gasteiger partial charge on any atom is 0.315 e. The highest BCUT2D eigenvalue weighted by atomic mass is 16.6. The second kappa shape index (κ2) is 8.46. The summed E-state index contributed by atoms with van der Waals surface area (Å²) in [5.41, 5.74) is 1.08. The van der Waals surface area contributed by atoms with Crippen LogP contribution in [0.15, 0.2) is 18.2 Å². The molecule has 0 saturated heterocycles. The molecule has 21 heavy (non-hydrogen) atoms. The molecule has 0 spiro atoms. The van der Waals surface area contributed by atoms with Gasteiger partial charge in [0, 0.05) is 19.2 Å². The Morgan fingerprint density at radius 2 is 2.00 bits per heavy atom. The first-order chi connectivity index (χ1) is 10.0. The van der Waals surface area contributed by atoms with E-state index in [4.69, 9.17) is 5.11 Å². The average Bonchev–Trinajstić information content (AvgIpc) is 2.44. The first-order valence-electron chi connectivity index (χ1n) is 7.39. The van der Waals surface area contributed by atoms with Crippen molar-refractivity contribution in [3.05, 3.63) is 28.3 Å². The van der Waals surface area contributed by atoms with Crippen LogP contribution < -0.4 is 10.6 Å². The summed E-state index contributed by atoms with van der Waals surface area (Å²) in [6.07, 6.45) is 1.45. The Morgan fingerprint density at radius 1 is 1.33 bits per heavy atom. The number of aliphatic hydroxyl groups excluding tert-OH is 1. The van der Waals surface area contributed by atoms with Gasteiger partial charge in [0.25, 0.3) is 0 Å². The number of hydrogen-bond acceptors (Lipinski definition) is 5. The highest BCUT2D eigenvalue weighted by Crippen LogP contribution is 2.34. The quantitative estimate of drug-likeness (QED) is 0.481. The normalized spacial score (nSPS) is 12.2. The van der Waals surface area contributed by atoms with Crippen molar-refractivity contribution < 1.29 is 10.0 Å². The van der Waals surface area contributed by atoms with Crippen LogP contribution in [0.5, 0.6) is 0 Å². The number of nitro groups is 1. The van der Waals surface area contributed by atoms with E-state index < -0.39 is 0 Å². The van der Waals surface area contributed by atoms with E-state index in [9.17, 15) is 10.1 Å². The summed E-state index contributed by atoms with van der Waals surface area (Å²) in [7, 11) is 0. The van der Waals surface area contributed by atoms with Crippen LogP contribution in [0.2, 0.25) is 0 Å². The minimum Gasteiger partial charge on any atom is -0.396 e. The molecule has 6 heteroatoms. The van der Waals surface area contributed by atoms with Gasteiger partial charge in [-0.1, -0.05) is 26.8 Å². The van der Waals surface area contributed by atoms with Crippen LogP contribution in [0.3, 0.4) is 0 Å². The van der Waals surface area contributed by atoms with Crippen LogP contribution in [0.1, 0.15) is 33.6 Å². The number of aliphatic hydroxyl groups is 1. The van der Waals surface area contributed by atoms with E-state index in [1.54, 1.807) is 18.2 Å². The van der Waals surface area contributed by atoms with E-state index in [2.05, 4.69) is 10.6 Å². The van der Waals surface area contributed by atoms with E-state index in [0.29, 0.717) is 24.3 Å². The lowest BCUT2D eigenvalue weighted by Gasteiger charge is -2.23. The van der Waals surface area contributed by atoms with Crippen LogP contribution >= 0.6 is 0 Å². The Labute approximate surface area is 125 Å². The number of anilines is 2. The predicted octanol–water partition coefficient (Wildman–Crippen LogP) is 3.24. The lowest BCUT2D eigenvalue weighted by molar-refractivity contribution is -0.383. The molecule has 1 atom stereocenters. The summed E-state index contributed by atoms with van der Waals surface area (Å²) in [4.78, 5) is 11.0. The van der Waals surface area contributed by atoms with Gasteiger partial charge in [-0.3, -0.25) is 10.1 Å². The van der Waals surface area contributed by atoms with Crippen LogP contribution in [0, 0.1) is 16.0 Å². The van der Waals surface area contributed by atoms with Crippen molar-refractivity contribution in [3.8, 4) is 0 Å². The molecule has 0 aliphatic heterocycles. The number of nitrogens with zero attached hydrogens (tertiary/aromatic N) is 1. The van der Waals surface area contributed by atoms with E-state index in [0.717, 1.165) is 6.42 Å². The highest BCUT2D eigenvalue weighted by Gasteiger charge is 2.22. The summed E-state index contributed by atoms with van der Waals surface area (Å²) in [5, 5.41) is 26.8. The van der Waals surface area contributed by atoms with Gasteiger partial charge in [0.15, 0.2) is 0 Å². The van der Waals surface area contributed by atoms with Gasteiger partial charge >= 0.3 is 5.69 Å². The summed E-state index contributed by atoms with van der Waals surface area (Å²) in [6, 6.07) is 5.22. The van der Waals surface area contributed by atoms with Gasteiger partial charge in [-0.05, 0) is 30.9 Å². The Balaban J connectivity index is 3.07. The number of rotatable bonds is 9. The third kappa shape index (κ3) is 4.90. The van der Waals surface area contributed by atoms with Crippen molar-refractivity contribution in [2.45, 2.75) is 39.7 Å². The number of nitrogens with one attached hydrogen (secondary N) is 2. The van der Waals surface area contributed by atoms with Crippen LogP contribution in [0.25, 0.3) is 0 Å². The molecule has 0 radical (unpaired) electrons. The third-order valence-electron chi connectivity index (χ3n) is 3.37. The Hall–Kier alpha value is -1.82. The monoisotopic (exact) mass is 295 g/mol. The predicted molar refractivity (Wildman–Crippen MR) is 85.8 cm³/mol. The molecular weight excluding hydrogens is 270 g/mol. The number of para-hydroxylation sites is 1. The van der Waals surface area contributed by atoms with Crippen molar-refractivity contribution in [1.82, 2.24) is 0 Å². The summed E-state index contributed by atoms with van der Waals surface area (Å²) < 4.78 is 0. The molecule has 0 aliphatic rings. The second-order valence-corrected chi connectivity index (χ2v) is 5.39. The minimum absolute atomic E-state index is 0.00451. The van der Waals surface area contributed by atoms with Crippen molar-refractivity contribution in [2.75, 3.05) is 23.8 Å². The molecule has 118 valence electrons. The van der Waals surface area contributed by atoms with Gasteiger partial charge in [0.1, 0.15) is 11.4 Å².